The number of hydrogen-bond acceptors (Lipinski definition) is 2. The second-order valence-corrected chi connectivity index (χ2v) is 3.70. The van der Waals surface area contributed by atoms with Crippen LogP contribution in [0.25, 0.3) is 0 Å². The molecular weight excluding hydrogens is 175 g/mol. The fourth-order valence-corrected chi connectivity index (χ4v) is 1.72. The molecule has 1 aromatic carbocycles. The molecule has 2 rings (SSSR count). The first-order valence-corrected chi connectivity index (χ1v) is 4.91. The number of aliphatic hydroxyl groups is 1. The Bertz CT molecular complexity index is 297. The van der Waals surface area contributed by atoms with Crippen molar-refractivity contribution in [1.29, 1.82) is 0 Å². The van der Waals surface area contributed by atoms with E-state index in [0.29, 0.717) is 13.0 Å². The molecule has 0 aromatic heterocycles. The van der Waals surface area contributed by atoms with Gasteiger partial charge in [0.05, 0.1) is 12.2 Å². The largest absolute Gasteiger partial charge is 0.393 e. The van der Waals surface area contributed by atoms with Gasteiger partial charge in [0.2, 0.25) is 0 Å². The molecule has 1 saturated heterocycles. The molecule has 3 heteroatoms. The first-order valence-electron chi connectivity index (χ1n) is 4.91. The molecule has 0 aliphatic carbocycles. The summed E-state index contributed by atoms with van der Waals surface area (Å²) >= 11 is 0. The van der Waals surface area contributed by atoms with Gasteiger partial charge in [-0.3, -0.25) is 0 Å². The Balaban J connectivity index is 2.10. The summed E-state index contributed by atoms with van der Waals surface area (Å²) in [7, 11) is 5.59. The average molecular weight is 188 g/mol. The summed E-state index contributed by atoms with van der Waals surface area (Å²) in [5, 5.41) is 9.49. The van der Waals surface area contributed by atoms with Crippen LogP contribution in [0.5, 0.6) is 0 Å². The van der Waals surface area contributed by atoms with Gasteiger partial charge in [0.15, 0.2) is 0 Å². The second-order valence-electron chi connectivity index (χ2n) is 3.70. The molecule has 1 aliphatic heterocycles. The van der Waals surface area contributed by atoms with Crippen LogP contribution < -0.4 is 5.46 Å². The third kappa shape index (κ3) is 2.17. The molecule has 14 heavy (non-hydrogen) atoms. The van der Waals surface area contributed by atoms with Crippen LogP contribution in [0.15, 0.2) is 24.3 Å². The van der Waals surface area contributed by atoms with Crippen molar-refractivity contribution in [2.75, 3.05) is 6.61 Å². The standard InChI is InChI=1S/C11H13BO2/c12-9-3-1-8(2-4-9)11-7-10(13)5-6-14-11/h1-4,10-11,13H,5-7H2. The van der Waals surface area contributed by atoms with Gasteiger partial charge in [-0.25, -0.2) is 0 Å². The quantitative estimate of drug-likeness (QED) is 0.657. The molecule has 1 aromatic rings. The zero-order valence-electron chi connectivity index (χ0n) is 8.02. The Hall–Kier alpha value is -0.795. The van der Waals surface area contributed by atoms with Gasteiger partial charge in [-0.15, -0.1) is 0 Å². The van der Waals surface area contributed by atoms with Crippen LogP contribution in [0.4, 0.5) is 0 Å². The van der Waals surface area contributed by atoms with E-state index >= 15 is 0 Å². The van der Waals surface area contributed by atoms with Crippen LogP contribution >= 0.6 is 0 Å². The summed E-state index contributed by atoms with van der Waals surface area (Å²) in [6.45, 7) is 0.635. The van der Waals surface area contributed by atoms with E-state index in [2.05, 4.69) is 0 Å². The number of rotatable bonds is 1. The highest BCUT2D eigenvalue weighted by Gasteiger charge is 2.21. The van der Waals surface area contributed by atoms with Crippen LogP contribution in [-0.2, 0) is 4.74 Å². The van der Waals surface area contributed by atoms with E-state index in [0.717, 1.165) is 17.4 Å². The molecule has 1 N–H and O–H groups in total. The van der Waals surface area contributed by atoms with Crippen molar-refractivity contribution in [2.24, 2.45) is 0 Å². The molecule has 0 saturated carbocycles. The zero-order valence-corrected chi connectivity index (χ0v) is 8.02. The summed E-state index contributed by atoms with van der Waals surface area (Å²) in [5.41, 5.74) is 1.85. The topological polar surface area (TPSA) is 29.5 Å². The second kappa shape index (κ2) is 4.15. The van der Waals surface area contributed by atoms with E-state index < -0.39 is 0 Å². The van der Waals surface area contributed by atoms with Crippen molar-refractivity contribution in [3.63, 3.8) is 0 Å². The lowest BCUT2D eigenvalue weighted by molar-refractivity contribution is -0.0447. The van der Waals surface area contributed by atoms with Gasteiger partial charge in [0, 0.05) is 13.0 Å². The Morgan fingerprint density at radius 1 is 1.29 bits per heavy atom. The number of hydrogen-bond donors (Lipinski definition) is 1. The van der Waals surface area contributed by atoms with Crippen LogP contribution in [0.3, 0.4) is 0 Å². The molecule has 0 amide bonds. The van der Waals surface area contributed by atoms with Crippen molar-refractivity contribution in [3.05, 3.63) is 29.8 Å². The Labute approximate surface area is 85.3 Å². The Morgan fingerprint density at radius 3 is 2.64 bits per heavy atom. The number of benzene rings is 1. The van der Waals surface area contributed by atoms with Crippen LogP contribution in [0.2, 0.25) is 0 Å². The predicted molar refractivity (Wildman–Crippen MR) is 55.8 cm³/mol. The maximum absolute atomic E-state index is 9.49. The summed E-state index contributed by atoms with van der Waals surface area (Å²) < 4.78 is 5.57. The smallest absolute Gasteiger partial charge is 0.113 e. The Morgan fingerprint density at radius 2 is 2.00 bits per heavy atom. The zero-order chi connectivity index (χ0) is 9.97. The highest BCUT2D eigenvalue weighted by atomic mass is 16.5. The van der Waals surface area contributed by atoms with Crippen molar-refractivity contribution < 1.29 is 9.84 Å². The predicted octanol–water partition coefficient (Wildman–Crippen LogP) is 0.693. The molecule has 0 bridgehead atoms. The first kappa shape index (κ1) is 9.75. The molecule has 2 atom stereocenters. The lowest BCUT2D eigenvalue weighted by Crippen LogP contribution is -2.23. The highest BCUT2D eigenvalue weighted by Crippen LogP contribution is 2.27. The van der Waals surface area contributed by atoms with Crippen molar-refractivity contribution in [2.45, 2.75) is 25.0 Å². The van der Waals surface area contributed by atoms with Gasteiger partial charge in [-0.05, 0) is 12.0 Å². The molecule has 2 radical (unpaired) electrons. The first-order chi connectivity index (χ1) is 6.75. The molecule has 0 spiro atoms. The van der Waals surface area contributed by atoms with Crippen molar-refractivity contribution >= 4 is 13.3 Å². The minimum atomic E-state index is -0.230. The molecule has 1 heterocycles. The maximum Gasteiger partial charge on any atom is 0.113 e. The van der Waals surface area contributed by atoms with Gasteiger partial charge in [0.1, 0.15) is 7.85 Å². The van der Waals surface area contributed by atoms with Crippen molar-refractivity contribution in [1.82, 2.24) is 0 Å². The van der Waals surface area contributed by atoms with E-state index in [-0.39, 0.29) is 12.2 Å². The molecule has 72 valence electrons. The average Bonchev–Trinajstić information content (AvgIpc) is 2.19. The summed E-state index contributed by atoms with van der Waals surface area (Å²) in [5.74, 6) is 0. The molecule has 1 fully saturated rings. The fourth-order valence-electron chi connectivity index (χ4n) is 1.72. The monoisotopic (exact) mass is 188 g/mol. The molecule has 2 unspecified atom stereocenters. The van der Waals surface area contributed by atoms with Gasteiger partial charge in [-0.2, -0.15) is 0 Å². The lowest BCUT2D eigenvalue weighted by Gasteiger charge is -2.26. The highest BCUT2D eigenvalue weighted by molar-refractivity contribution is 6.32. The number of ether oxygens (including phenoxy) is 1. The van der Waals surface area contributed by atoms with Crippen molar-refractivity contribution in [3.8, 4) is 0 Å². The van der Waals surface area contributed by atoms with Gasteiger partial charge in [0.25, 0.3) is 0 Å². The van der Waals surface area contributed by atoms with Crippen LogP contribution in [0.1, 0.15) is 24.5 Å². The number of aliphatic hydroxyl groups excluding tert-OH is 1. The normalized spacial score (nSPS) is 27.5. The maximum atomic E-state index is 9.49. The van der Waals surface area contributed by atoms with E-state index in [1.165, 1.54) is 0 Å². The Kier molecular flexibility index (Phi) is 2.89. The SMILES string of the molecule is [B]c1ccc(C2CC(O)CCO2)cc1. The minimum absolute atomic E-state index is 0.0272. The molecular formula is C11H13BO2. The summed E-state index contributed by atoms with van der Waals surface area (Å²) in [6, 6.07) is 7.63. The van der Waals surface area contributed by atoms with Gasteiger partial charge >= 0.3 is 0 Å². The fraction of sp³-hybridized carbons (Fsp3) is 0.455. The van der Waals surface area contributed by atoms with Crippen LogP contribution in [0, 0.1) is 0 Å². The lowest BCUT2D eigenvalue weighted by atomic mass is 9.92. The third-order valence-electron chi connectivity index (χ3n) is 2.56. The molecule has 2 nitrogen and oxygen atoms in total. The molecule has 1 aliphatic rings. The summed E-state index contributed by atoms with van der Waals surface area (Å²) in [4.78, 5) is 0. The van der Waals surface area contributed by atoms with E-state index in [4.69, 9.17) is 12.6 Å². The van der Waals surface area contributed by atoms with Gasteiger partial charge in [-0.1, -0.05) is 29.7 Å². The van der Waals surface area contributed by atoms with E-state index in [1.54, 1.807) is 0 Å². The van der Waals surface area contributed by atoms with Crippen LogP contribution in [-0.4, -0.2) is 25.7 Å². The van der Waals surface area contributed by atoms with Gasteiger partial charge < -0.3 is 9.84 Å². The minimum Gasteiger partial charge on any atom is -0.393 e. The third-order valence-corrected chi connectivity index (χ3v) is 2.56. The van der Waals surface area contributed by atoms with E-state index in [9.17, 15) is 5.11 Å². The summed E-state index contributed by atoms with van der Waals surface area (Å²) in [6.07, 6.45) is 1.22. The van der Waals surface area contributed by atoms with E-state index in [1.807, 2.05) is 24.3 Å².